The number of benzene rings is 4. The van der Waals surface area contributed by atoms with Gasteiger partial charge in [-0.3, -0.25) is 4.57 Å². The zero-order valence-electron chi connectivity index (χ0n) is 27.4. The minimum absolute atomic E-state index is 0.356. The molecule has 10 aromatic rings. The molecule has 9 nitrogen and oxygen atoms in total. The predicted molar refractivity (Wildman–Crippen MR) is 206 cm³/mol. The fraction of sp³-hybridized carbons (Fsp3) is 0. The number of fused-ring (bicyclic) bond motifs is 9. The standard InChI is InChI=1S/C42H25N8OP/c51-52(27-11-2-1-3-12-27)35-19-7-5-14-29(35)30-21-20-26(25-36(30)52)37-46-41(49-34-18-6-4-13-28(34)31-15-8-22-43-38(31)49)48-42(47-37)50-39-32(16-9-23-44-39)33-17-10-24-45-40(33)50/h1-25H. The van der Waals surface area contributed by atoms with Crippen molar-refractivity contribution in [3.05, 3.63) is 152 Å². The van der Waals surface area contributed by atoms with Crippen LogP contribution in [-0.2, 0) is 4.57 Å². The van der Waals surface area contributed by atoms with E-state index in [1.54, 1.807) is 18.6 Å². The van der Waals surface area contributed by atoms with Gasteiger partial charge in [-0.1, -0.05) is 84.9 Å². The van der Waals surface area contributed by atoms with Crippen LogP contribution in [0.5, 0.6) is 0 Å². The van der Waals surface area contributed by atoms with E-state index in [9.17, 15) is 0 Å². The molecule has 244 valence electrons. The van der Waals surface area contributed by atoms with E-state index in [4.69, 9.17) is 29.9 Å². The lowest BCUT2D eigenvalue weighted by Crippen LogP contribution is -2.20. The molecule has 0 saturated heterocycles. The van der Waals surface area contributed by atoms with Gasteiger partial charge in [0, 0.05) is 61.6 Å². The maximum absolute atomic E-state index is 15.5. The van der Waals surface area contributed by atoms with Crippen molar-refractivity contribution in [2.75, 3.05) is 0 Å². The van der Waals surface area contributed by atoms with Crippen LogP contribution in [0.4, 0.5) is 0 Å². The van der Waals surface area contributed by atoms with Crippen LogP contribution in [0.2, 0.25) is 0 Å². The van der Waals surface area contributed by atoms with Crippen molar-refractivity contribution in [1.82, 2.24) is 39.0 Å². The number of nitrogens with zero attached hydrogens (tertiary/aromatic N) is 8. The summed E-state index contributed by atoms with van der Waals surface area (Å²) in [7, 11) is -3.21. The van der Waals surface area contributed by atoms with Gasteiger partial charge in [0.25, 0.3) is 0 Å². The molecule has 0 amide bonds. The van der Waals surface area contributed by atoms with E-state index in [0.717, 1.165) is 59.7 Å². The Morgan fingerprint density at radius 2 is 1.02 bits per heavy atom. The topological polar surface area (TPSA) is 104 Å². The second-order valence-electron chi connectivity index (χ2n) is 12.8. The van der Waals surface area contributed by atoms with E-state index in [0.29, 0.717) is 34.6 Å². The van der Waals surface area contributed by atoms with E-state index < -0.39 is 7.14 Å². The smallest absolute Gasteiger partial charge is 0.242 e. The van der Waals surface area contributed by atoms with Gasteiger partial charge in [0.05, 0.1) is 5.52 Å². The molecule has 11 rings (SSSR count). The average Bonchev–Trinajstić information content (AvgIpc) is 3.82. The van der Waals surface area contributed by atoms with Crippen LogP contribution in [0, 0.1) is 0 Å². The van der Waals surface area contributed by atoms with Crippen molar-refractivity contribution < 1.29 is 4.57 Å². The van der Waals surface area contributed by atoms with Gasteiger partial charge < -0.3 is 4.57 Å². The molecule has 1 atom stereocenters. The van der Waals surface area contributed by atoms with Gasteiger partial charge >= 0.3 is 0 Å². The highest BCUT2D eigenvalue weighted by atomic mass is 31.2. The largest absolute Gasteiger partial charge is 0.309 e. The fourth-order valence-corrected chi connectivity index (χ4v) is 10.8. The van der Waals surface area contributed by atoms with Gasteiger partial charge in [-0.05, 0) is 59.7 Å². The second-order valence-corrected chi connectivity index (χ2v) is 15.5. The molecule has 0 bridgehead atoms. The highest BCUT2D eigenvalue weighted by Gasteiger charge is 2.40. The highest BCUT2D eigenvalue weighted by Crippen LogP contribution is 2.52. The molecule has 7 heterocycles. The van der Waals surface area contributed by atoms with E-state index in [2.05, 4.69) is 12.1 Å². The third kappa shape index (κ3) is 3.96. The van der Waals surface area contributed by atoms with Gasteiger partial charge in [-0.25, -0.2) is 19.5 Å². The van der Waals surface area contributed by atoms with Crippen LogP contribution in [-0.4, -0.2) is 39.0 Å². The van der Waals surface area contributed by atoms with Gasteiger partial charge in [-0.2, -0.15) is 15.0 Å². The maximum atomic E-state index is 15.5. The SMILES string of the molecule is O=P1(c2ccccc2)c2ccccc2-c2ccc(-c3nc(-n4c5ccccc5c5cccnc54)nc(-n4c5ncccc5c5cccnc54)n3)cc21. The normalized spacial score (nSPS) is 15.1. The van der Waals surface area contributed by atoms with Gasteiger partial charge in [-0.15, -0.1) is 0 Å². The molecule has 0 radical (unpaired) electrons. The van der Waals surface area contributed by atoms with Crippen molar-refractivity contribution in [1.29, 1.82) is 0 Å². The molecule has 52 heavy (non-hydrogen) atoms. The molecular formula is C42H25N8OP. The molecule has 0 fully saturated rings. The van der Waals surface area contributed by atoms with E-state index in [-0.39, 0.29) is 0 Å². The molecule has 1 aliphatic rings. The average molecular weight is 689 g/mol. The minimum Gasteiger partial charge on any atom is -0.309 e. The zero-order chi connectivity index (χ0) is 34.4. The first-order valence-corrected chi connectivity index (χ1v) is 18.6. The number of hydrogen-bond acceptors (Lipinski definition) is 7. The number of hydrogen-bond donors (Lipinski definition) is 0. The molecule has 0 N–H and O–H groups in total. The van der Waals surface area contributed by atoms with Crippen molar-refractivity contribution >= 4 is 67.1 Å². The summed E-state index contributed by atoms with van der Waals surface area (Å²) < 4.78 is 19.3. The van der Waals surface area contributed by atoms with Crippen LogP contribution in [0.1, 0.15) is 0 Å². The van der Waals surface area contributed by atoms with Crippen LogP contribution in [0.15, 0.2) is 152 Å². The van der Waals surface area contributed by atoms with Crippen molar-refractivity contribution in [2.24, 2.45) is 0 Å². The first-order chi connectivity index (χ1) is 25.7. The molecular weight excluding hydrogens is 663 g/mol. The Morgan fingerprint density at radius 3 is 1.75 bits per heavy atom. The summed E-state index contributed by atoms with van der Waals surface area (Å²) in [6, 6.07) is 43.8. The van der Waals surface area contributed by atoms with Crippen LogP contribution >= 0.6 is 7.14 Å². The van der Waals surface area contributed by atoms with Crippen LogP contribution in [0.25, 0.3) is 78.4 Å². The lowest BCUT2D eigenvalue weighted by atomic mass is 10.0. The van der Waals surface area contributed by atoms with Crippen molar-refractivity contribution in [2.45, 2.75) is 0 Å². The molecule has 6 aromatic heterocycles. The lowest BCUT2D eigenvalue weighted by Gasteiger charge is -2.16. The molecule has 0 spiro atoms. The van der Waals surface area contributed by atoms with Crippen molar-refractivity contribution in [3.63, 3.8) is 0 Å². The van der Waals surface area contributed by atoms with Crippen LogP contribution < -0.4 is 15.9 Å². The first-order valence-electron chi connectivity index (χ1n) is 16.9. The summed E-state index contributed by atoms with van der Waals surface area (Å²) in [5.41, 5.74) is 5.63. The van der Waals surface area contributed by atoms with Gasteiger partial charge in [0.2, 0.25) is 11.9 Å². The summed E-state index contributed by atoms with van der Waals surface area (Å²) in [4.78, 5) is 29.8. The Bertz CT molecular complexity index is 2890. The number of rotatable bonds is 4. The third-order valence-electron chi connectivity index (χ3n) is 9.98. The molecule has 4 aromatic carbocycles. The summed E-state index contributed by atoms with van der Waals surface area (Å²) in [6.45, 7) is 0. The number of aromatic nitrogens is 8. The van der Waals surface area contributed by atoms with E-state index in [1.807, 2.05) is 130 Å². The molecule has 0 saturated carbocycles. The Balaban J connectivity index is 1.22. The first kappa shape index (κ1) is 29.0. The van der Waals surface area contributed by atoms with Gasteiger partial charge in [0.15, 0.2) is 13.0 Å². The monoisotopic (exact) mass is 688 g/mol. The minimum atomic E-state index is -3.21. The predicted octanol–water partition coefficient (Wildman–Crippen LogP) is 7.54. The highest BCUT2D eigenvalue weighted by molar-refractivity contribution is 7.86. The quantitative estimate of drug-likeness (QED) is 0.176. The molecule has 0 aliphatic carbocycles. The summed E-state index contributed by atoms with van der Waals surface area (Å²) in [6.07, 6.45) is 5.30. The zero-order valence-corrected chi connectivity index (χ0v) is 28.3. The lowest BCUT2D eigenvalue weighted by molar-refractivity contribution is 0.593. The Morgan fingerprint density at radius 1 is 0.462 bits per heavy atom. The third-order valence-corrected chi connectivity index (χ3v) is 13.1. The van der Waals surface area contributed by atoms with E-state index >= 15 is 4.57 Å². The summed E-state index contributed by atoms with van der Waals surface area (Å²) >= 11 is 0. The molecule has 10 heteroatoms. The number of para-hydroxylation sites is 1. The second kappa shape index (κ2) is 10.8. The summed E-state index contributed by atoms with van der Waals surface area (Å²) in [5.74, 6) is 1.16. The molecule has 1 aliphatic heterocycles. The van der Waals surface area contributed by atoms with E-state index in [1.165, 1.54) is 0 Å². The Hall–Kier alpha value is -6.83. The van der Waals surface area contributed by atoms with Crippen LogP contribution in [0.3, 0.4) is 0 Å². The number of pyridine rings is 3. The van der Waals surface area contributed by atoms with Gasteiger partial charge in [0.1, 0.15) is 16.9 Å². The molecule has 1 unspecified atom stereocenters. The van der Waals surface area contributed by atoms with Crippen molar-refractivity contribution in [3.8, 4) is 34.4 Å². The summed E-state index contributed by atoms with van der Waals surface area (Å²) in [5, 5.41) is 6.28. The fourth-order valence-electron chi connectivity index (χ4n) is 7.72. The maximum Gasteiger partial charge on any atom is 0.242 e. The Labute approximate surface area is 296 Å². The Kier molecular flexibility index (Phi) is 6.03.